The van der Waals surface area contributed by atoms with Crippen LogP contribution in [-0.2, 0) is 20.8 Å². The van der Waals surface area contributed by atoms with Crippen LogP contribution in [0.15, 0.2) is 35.1 Å². The van der Waals surface area contributed by atoms with E-state index in [2.05, 4.69) is 21.1 Å². The number of anilines is 3. The molecular formula is C29H30ClF2N5O5. The van der Waals surface area contributed by atoms with Crippen molar-refractivity contribution in [2.75, 3.05) is 50.2 Å². The monoisotopic (exact) mass is 601 g/mol. The fourth-order valence-electron chi connectivity index (χ4n) is 5.23. The maximum absolute atomic E-state index is 14.5. The van der Waals surface area contributed by atoms with Crippen molar-refractivity contribution in [3.8, 4) is 11.8 Å². The number of pyridine rings is 2. The lowest BCUT2D eigenvalue weighted by Crippen LogP contribution is -2.52. The summed E-state index contributed by atoms with van der Waals surface area (Å²) in [7, 11) is 1.23. The average Bonchev–Trinajstić information content (AvgIpc) is 2.94. The number of ether oxygens (including phenoxy) is 3. The van der Waals surface area contributed by atoms with Crippen LogP contribution in [0.3, 0.4) is 0 Å². The topological polar surface area (TPSA) is 119 Å². The van der Waals surface area contributed by atoms with Crippen LogP contribution in [0.4, 0.5) is 26.1 Å². The molecule has 2 aliphatic heterocycles. The molecule has 0 bridgehead atoms. The van der Waals surface area contributed by atoms with Gasteiger partial charge in [-0.2, -0.15) is 5.26 Å². The van der Waals surface area contributed by atoms with Gasteiger partial charge in [0, 0.05) is 48.5 Å². The van der Waals surface area contributed by atoms with Gasteiger partial charge in [0.15, 0.2) is 18.2 Å². The fourth-order valence-corrected chi connectivity index (χ4v) is 5.43. The first-order chi connectivity index (χ1) is 20.0. The predicted molar refractivity (Wildman–Crippen MR) is 153 cm³/mol. The van der Waals surface area contributed by atoms with E-state index in [0.29, 0.717) is 36.3 Å². The largest absolute Gasteiger partial charge is 0.476 e. The number of carbonyl (C=O) groups excluding carboxylic acids is 1. The Bertz CT molecular complexity index is 1610. The Kier molecular flexibility index (Phi) is 8.25. The van der Waals surface area contributed by atoms with Crippen molar-refractivity contribution < 1.29 is 27.8 Å². The highest BCUT2D eigenvalue weighted by atomic mass is 35.5. The van der Waals surface area contributed by atoms with Crippen LogP contribution in [0.2, 0.25) is 5.02 Å². The Morgan fingerprint density at radius 2 is 1.95 bits per heavy atom. The Morgan fingerprint density at radius 3 is 2.57 bits per heavy atom. The van der Waals surface area contributed by atoms with E-state index in [1.54, 1.807) is 33.7 Å². The van der Waals surface area contributed by atoms with Crippen LogP contribution in [0, 0.1) is 29.1 Å². The number of esters is 1. The molecule has 3 aromatic rings. The number of methoxy groups -OCH3 is 1. The molecule has 2 aliphatic rings. The van der Waals surface area contributed by atoms with Gasteiger partial charge in [-0.15, -0.1) is 0 Å². The van der Waals surface area contributed by atoms with Crippen molar-refractivity contribution in [3.05, 3.63) is 51.3 Å². The molecule has 2 aromatic heterocycles. The summed E-state index contributed by atoms with van der Waals surface area (Å²) < 4.78 is 46.0. The van der Waals surface area contributed by atoms with E-state index in [9.17, 15) is 23.6 Å². The number of halogens is 3. The lowest BCUT2D eigenvalue weighted by Gasteiger charge is -2.42. The highest BCUT2D eigenvalue weighted by Crippen LogP contribution is 2.40. The molecule has 0 spiro atoms. The van der Waals surface area contributed by atoms with Crippen LogP contribution in [0.25, 0.3) is 10.9 Å². The van der Waals surface area contributed by atoms with E-state index in [4.69, 9.17) is 21.1 Å². The molecule has 13 heteroatoms. The summed E-state index contributed by atoms with van der Waals surface area (Å²) in [5, 5.41) is 13.7. The summed E-state index contributed by atoms with van der Waals surface area (Å²) in [6, 6.07) is 10.4. The van der Waals surface area contributed by atoms with Crippen molar-refractivity contribution in [2.24, 2.45) is 17.8 Å². The van der Waals surface area contributed by atoms with Crippen LogP contribution in [-0.4, -0.2) is 61.5 Å². The first-order valence-corrected chi connectivity index (χ1v) is 13.8. The number of nitrogens with one attached hydrogen (secondary N) is 1. The summed E-state index contributed by atoms with van der Waals surface area (Å²) in [4.78, 5) is 31.2. The van der Waals surface area contributed by atoms with E-state index >= 15 is 0 Å². The van der Waals surface area contributed by atoms with Gasteiger partial charge >= 0.3 is 5.97 Å². The predicted octanol–water partition coefficient (Wildman–Crippen LogP) is 4.59. The normalized spacial score (nSPS) is 20.1. The fraction of sp³-hybridized carbons (Fsp3) is 0.448. The summed E-state index contributed by atoms with van der Waals surface area (Å²) in [6.45, 7) is 4.11. The van der Waals surface area contributed by atoms with Gasteiger partial charge in [-0.3, -0.25) is 4.79 Å². The number of benzene rings is 1. The van der Waals surface area contributed by atoms with E-state index in [1.807, 2.05) is 0 Å². The maximum atomic E-state index is 14.5. The van der Waals surface area contributed by atoms with Crippen molar-refractivity contribution in [2.45, 2.75) is 26.3 Å². The molecule has 222 valence electrons. The van der Waals surface area contributed by atoms with E-state index in [-0.39, 0.29) is 52.5 Å². The second-order valence-corrected chi connectivity index (χ2v) is 11.2. The molecule has 0 saturated carbocycles. The summed E-state index contributed by atoms with van der Waals surface area (Å²) in [5.41, 5.74) is 1.02. The maximum Gasteiger partial charge on any atom is 0.343 e. The number of piperidine rings is 1. The number of nitriles is 1. The number of aromatic nitrogens is 2. The van der Waals surface area contributed by atoms with Gasteiger partial charge in [-0.1, -0.05) is 25.4 Å². The van der Waals surface area contributed by atoms with E-state index in [1.165, 1.54) is 27.0 Å². The third kappa shape index (κ3) is 5.71. The minimum Gasteiger partial charge on any atom is -0.476 e. The van der Waals surface area contributed by atoms with Gasteiger partial charge in [0.2, 0.25) is 0 Å². The zero-order valence-corrected chi connectivity index (χ0v) is 24.1. The number of alkyl halides is 2. The molecule has 0 aliphatic carbocycles. The summed E-state index contributed by atoms with van der Waals surface area (Å²) >= 11 is 6.49. The van der Waals surface area contributed by atoms with Gasteiger partial charge in [-0.05, 0) is 30.3 Å². The number of fused-ring (bicyclic) bond motifs is 1. The molecule has 2 atom stereocenters. The van der Waals surface area contributed by atoms with Crippen molar-refractivity contribution >= 4 is 45.8 Å². The average molecular weight is 602 g/mol. The van der Waals surface area contributed by atoms with Gasteiger partial charge < -0.3 is 29.0 Å². The first kappa shape index (κ1) is 29.5. The minimum atomic E-state index is -2.83. The Morgan fingerprint density at radius 1 is 1.24 bits per heavy atom. The molecule has 2 saturated heterocycles. The smallest absolute Gasteiger partial charge is 0.343 e. The third-order valence-corrected chi connectivity index (χ3v) is 8.01. The second kappa shape index (κ2) is 11.7. The molecule has 4 heterocycles. The number of carbonyl (C=O) groups is 1. The quantitative estimate of drug-likeness (QED) is 0.370. The molecular weight excluding hydrogens is 572 g/mol. The molecule has 1 aromatic carbocycles. The van der Waals surface area contributed by atoms with Crippen molar-refractivity contribution in [1.29, 1.82) is 5.26 Å². The van der Waals surface area contributed by atoms with E-state index < -0.39 is 30.3 Å². The molecule has 0 amide bonds. The van der Waals surface area contributed by atoms with E-state index in [0.717, 1.165) is 0 Å². The van der Waals surface area contributed by atoms with Crippen molar-refractivity contribution in [3.63, 3.8) is 0 Å². The zero-order valence-electron chi connectivity index (χ0n) is 23.3. The van der Waals surface area contributed by atoms with Gasteiger partial charge in [0.1, 0.15) is 11.9 Å². The highest BCUT2D eigenvalue weighted by molar-refractivity contribution is 6.33. The lowest BCUT2D eigenvalue weighted by molar-refractivity contribution is -0.142. The zero-order chi connectivity index (χ0) is 30.2. The lowest BCUT2D eigenvalue weighted by atomic mass is 9.87. The molecule has 0 radical (unpaired) electrons. The second-order valence-electron chi connectivity index (χ2n) is 10.8. The Balaban J connectivity index is 1.49. The minimum absolute atomic E-state index is 0.00718. The summed E-state index contributed by atoms with van der Waals surface area (Å²) in [5.74, 6) is -4.63. The third-order valence-electron chi connectivity index (χ3n) is 7.72. The number of hydrogen-bond acceptors (Lipinski definition) is 9. The summed E-state index contributed by atoms with van der Waals surface area (Å²) in [6.07, 6.45) is 0. The molecule has 0 unspecified atom stereocenters. The van der Waals surface area contributed by atoms with Gasteiger partial charge in [0.05, 0.1) is 36.4 Å². The molecule has 10 nitrogen and oxygen atoms in total. The number of hydrogen-bond donors (Lipinski definition) is 1. The Labute approximate surface area is 245 Å². The standard InChI is InChI=1S/C29H30ClF2N5O5/c1-16-10-36(11-17(2)29(16,31)32)27-20(9-33)7-22(30)26(35-27)34-21-4-5-23-19(6-21)8-24(42-15-25(38)40-3)28(39)37(23)12-18-13-41-14-18/h4-8,16-18H,10-15H2,1-3H3,(H,34,35)/t16-,17+. The van der Waals surface area contributed by atoms with Crippen LogP contribution in [0.5, 0.6) is 5.75 Å². The molecule has 1 N–H and O–H groups in total. The molecule has 42 heavy (non-hydrogen) atoms. The highest BCUT2D eigenvalue weighted by Gasteiger charge is 2.47. The Hall–Kier alpha value is -3.95. The molecule has 2 fully saturated rings. The van der Waals surface area contributed by atoms with Gasteiger partial charge in [0.25, 0.3) is 11.5 Å². The molecule has 5 rings (SSSR count). The van der Waals surface area contributed by atoms with Crippen LogP contribution >= 0.6 is 11.6 Å². The van der Waals surface area contributed by atoms with Crippen molar-refractivity contribution in [1.82, 2.24) is 9.55 Å². The SMILES string of the molecule is COC(=O)COc1cc2cc(Nc3nc(N4C[C@@H](C)C(F)(F)[C@@H](C)C4)c(C#N)cc3Cl)ccc2n(CC2COC2)c1=O. The van der Waals surface area contributed by atoms with Crippen LogP contribution < -0.4 is 20.5 Å². The number of nitrogens with zero attached hydrogens (tertiary/aromatic N) is 4. The van der Waals surface area contributed by atoms with Crippen LogP contribution in [0.1, 0.15) is 19.4 Å². The van der Waals surface area contributed by atoms with Gasteiger partial charge in [-0.25, -0.2) is 18.6 Å². The number of rotatable bonds is 8. The first-order valence-electron chi connectivity index (χ1n) is 13.5.